The van der Waals surface area contributed by atoms with Gasteiger partial charge in [0.2, 0.25) is 0 Å². The van der Waals surface area contributed by atoms with Crippen LogP contribution in [0.5, 0.6) is 0 Å². The van der Waals surface area contributed by atoms with Gasteiger partial charge in [0.15, 0.2) is 0 Å². The first-order chi connectivity index (χ1) is 22.9. The number of hydrogen-bond donors (Lipinski definition) is 1. The van der Waals surface area contributed by atoms with Gasteiger partial charge in [0.05, 0.1) is 26.9 Å². The van der Waals surface area contributed by atoms with Crippen LogP contribution in [0.25, 0.3) is 0 Å². The fraction of sp³-hybridized carbons (Fsp3) is 0.921. The molecule has 0 aliphatic heterocycles. The minimum Gasteiger partial charge on any atom is -0.469 e. The Labute approximate surface area is 287 Å². The Balaban J connectivity index is 2.50. The highest BCUT2D eigenvalue weighted by atomic mass is 16.5. The van der Waals surface area contributed by atoms with Crippen LogP contribution in [0.3, 0.4) is 0 Å². The third-order valence-corrected chi connectivity index (χ3v) is 9.53. The van der Waals surface area contributed by atoms with Crippen molar-refractivity contribution in [2.24, 2.45) is 5.92 Å². The molecule has 1 saturated carbocycles. The van der Waals surface area contributed by atoms with Crippen LogP contribution >= 0.6 is 0 Å². The van der Waals surface area contributed by atoms with Crippen LogP contribution < -0.4 is 0 Å². The van der Waals surface area contributed by atoms with Crippen molar-refractivity contribution < 1.29 is 33.7 Å². The van der Waals surface area contributed by atoms with Crippen molar-refractivity contribution in [2.75, 3.05) is 59.7 Å². The Morgan fingerprint density at radius 3 is 1.68 bits per heavy atom. The van der Waals surface area contributed by atoms with E-state index in [1.165, 1.54) is 52.1 Å². The number of unbranched alkanes of at least 4 members (excludes halogenated alkanes) is 11. The lowest BCUT2D eigenvalue weighted by molar-refractivity contribution is -0.149. The summed E-state index contributed by atoms with van der Waals surface area (Å²) >= 11 is 0. The van der Waals surface area contributed by atoms with Crippen molar-refractivity contribution in [3.8, 4) is 0 Å². The molecule has 1 N–H and O–H groups in total. The standard InChI is InChI=1S/C38H72N2O7/c1-4-6-8-10-13-24-37(43)46-32-34(33-47-38(44)25-14-11-9-7-5-2)20-16-18-26-39(30-31-41)28-29-40(35-21-19-22-35)27-17-12-15-23-36(42)45-3/h34-35,41H,4-33H2,1-3H3. The van der Waals surface area contributed by atoms with Gasteiger partial charge in [-0.25, -0.2) is 0 Å². The molecule has 0 unspecified atom stereocenters. The fourth-order valence-electron chi connectivity index (χ4n) is 6.13. The van der Waals surface area contributed by atoms with Gasteiger partial charge in [0.1, 0.15) is 0 Å². The Morgan fingerprint density at radius 1 is 0.638 bits per heavy atom. The molecule has 47 heavy (non-hydrogen) atoms. The first kappa shape index (κ1) is 43.3. The number of hydrogen-bond acceptors (Lipinski definition) is 9. The molecular weight excluding hydrogens is 596 g/mol. The third-order valence-electron chi connectivity index (χ3n) is 9.53. The molecule has 0 aromatic rings. The van der Waals surface area contributed by atoms with Gasteiger partial charge >= 0.3 is 17.9 Å². The van der Waals surface area contributed by atoms with Crippen LogP contribution in [0.2, 0.25) is 0 Å². The second-order valence-electron chi connectivity index (χ2n) is 13.6. The summed E-state index contributed by atoms with van der Waals surface area (Å²) in [5.41, 5.74) is 0. The summed E-state index contributed by atoms with van der Waals surface area (Å²) in [6.07, 6.45) is 21.9. The van der Waals surface area contributed by atoms with E-state index >= 15 is 0 Å². The second-order valence-corrected chi connectivity index (χ2v) is 13.6. The summed E-state index contributed by atoms with van der Waals surface area (Å²) in [5.74, 6) is -0.428. The van der Waals surface area contributed by atoms with E-state index < -0.39 is 0 Å². The molecule has 1 aliphatic carbocycles. The topological polar surface area (TPSA) is 106 Å². The Kier molecular flexibility index (Phi) is 28.0. The maximum absolute atomic E-state index is 12.4. The lowest BCUT2D eigenvalue weighted by Gasteiger charge is -2.39. The number of rotatable bonds is 33. The van der Waals surface area contributed by atoms with Crippen molar-refractivity contribution in [1.29, 1.82) is 0 Å². The van der Waals surface area contributed by atoms with E-state index in [1.807, 2.05) is 0 Å². The zero-order valence-corrected chi connectivity index (χ0v) is 30.7. The highest BCUT2D eigenvalue weighted by Crippen LogP contribution is 2.25. The number of aliphatic hydroxyl groups excluding tert-OH is 1. The summed E-state index contributed by atoms with van der Waals surface area (Å²) in [4.78, 5) is 41.2. The van der Waals surface area contributed by atoms with E-state index in [2.05, 4.69) is 23.6 Å². The van der Waals surface area contributed by atoms with E-state index in [0.29, 0.717) is 45.1 Å². The van der Waals surface area contributed by atoms with Gasteiger partial charge < -0.3 is 19.3 Å². The van der Waals surface area contributed by atoms with E-state index in [4.69, 9.17) is 14.2 Å². The summed E-state index contributed by atoms with van der Waals surface area (Å²) in [6, 6.07) is 0.658. The molecule has 0 aromatic carbocycles. The van der Waals surface area contributed by atoms with E-state index in [-0.39, 0.29) is 30.4 Å². The first-order valence-corrected chi connectivity index (χ1v) is 19.4. The highest BCUT2D eigenvalue weighted by Gasteiger charge is 2.25. The van der Waals surface area contributed by atoms with Crippen molar-refractivity contribution in [2.45, 2.75) is 161 Å². The largest absolute Gasteiger partial charge is 0.469 e. The molecule has 0 radical (unpaired) electrons. The quantitative estimate of drug-likeness (QED) is 0.0433. The van der Waals surface area contributed by atoms with Gasteiger partial charge in [0.25, 0.3) is 0 Å². The second kappa shape index (κ2) is 30.4. The van der Waals surface area contributed by atoms with Crippen molar-refractivity contribution in [1.82, 2.24) is 9.80 Å². The molecule has 0 amide bonds. The Hall–Kier alpha value is -1.71. The van der Waals surface area contributed by atoms with Crippen molar-refractivity contribution in [3.63, 3.8) is 0 Å². The molecule has 0 saturated heterocycles. The molecule has 0 atom stereocenters. The zero-order valence-electron chi connectivity index (χ0n) is 30.7. The zero-order chi connectivity index (χ0) is 34.4. The normalized spacial score (nSPS) is 13.3. The third kappa shape index (κ3) is 24.1. The lowest BCUT2D eigenvalue weighted by Crippen LogP contribution is -2.45. The molecule has 0 spiro atoms. The van der Waals surface area contributed by atoms with Crippen LogP contribution in [0.15, 0.2) is 0 Å². The summed E-state index contributed by atoms with van der Waals surface area (Å²) in [5, 5.41) is 9.74. The molecule has 1 fully saturated rings. The molecule has 1 rings (SSSR count). The number of carbonyl (C=O) groups is 3. The number of ether oxygens (including phenoxy) is 3. The smallest absolute Gasteiger partial charge is 0.305 e. The van der Waals surface area contributed by atoms with Crippen LogP contribution in [-0.4, -0.2) is 98.5 Å². The molecule has 0 bridgehead atoms. The predicted octanol–water partition coefficient (Wildman–Crippen LogP) is 7.46. The van der Waals surface area contributed by atoms with Gasteiger partial charge in [-0.15, -0.1) is 0 Å². The molecule has 0 heterocycles. The summed E-state index contributed by atoms with van der Waals surface area (Å²) < 4.78 is 16.1. The lowest BCUT2D eigenvalue weighted by atomic mass is 9.91. The number of methoxy groups -OCH3 is 1. The number of esters is 3. The Morgan fingerprint density at radius 2 is 1.17 bits per heavy atom. The molecule has 1 aliphatic rings. The maximum atomic E-state index is 12.4. The average molecular weight is 669 g/mol. The van der Waals surface area contributed by atoms with Gasteiger partial charge in [-0.3, -0.25) is 24.2 Å². The summed E-state index contributed by atoms with van der Waals surface area (Å²) in [6.45, 7) is 9.64. The molecular formula is C38H72N2O7. The van der Waals surface area contributed by atoms with Crippen molar-refractivity contribution >= 4 is 17.9 Å². The fourth-order valence-corrected chi connectivity index (χ4v) is 6.13. The van der Waals surface area contributed by atoms with Crippen LogP contribution in [-0.2, 0) is 28.6 Å². The van der Waals surface area contributed by atoms with Crippen molar-refractivity contribution in [3.05, 3.63) is 0 Å². The summed E-state index contributed by atoms with van der Waals surface area (Å²) in [7, 11) is 1.44. The van der Waals surface area contributed by atoms with Gasteiger partial charge in [-0.1, -0.05) is 84.5 Å². The molecule has 9 heteroatoms. The van der Waals surface area contributed by atoms with Gasteiger partial charge in [-0.2, -0.15) is 0 Å². The number of aliphatic hydroxyl groups is 1. The highest BCUT2D eigenvalue weighted by molar-refractivity contribution is 5.70. The van der Waals surface area contributed by atoms with E-state index in [0.717, 1.165) is 103 Å². The van der Waals surface area contributed by atoms with Crippen LogP contribution in [0.4, 0.5) is 0 Å². The van der Waals surface area contributed by atoms with E-state index in [9.17, 15) is 19.5 Å². The number of nitrogens with zero attached hydrogens (tertiary/aromatic N) is 2. The van der Waals surface area contributed by atoms with Crippen LogP contribution in [0, 0.1) is 5.92 Å². The first-order valence-electron chi connectivity index (χ1n) is 19.4. The minimum atomic E-state index is -0.151. The van der Waals surface area contributed by atoms with Crippen LogP contribution in [0.1, 0.15) is 155 Å². The van der Waals surface area contributed by atoms with E-state index in [1.54, 1.807) is 0 Å². The SMILES string of the molecule is CCCCCCCC(=O)OCC(CCCCN(CCO)CCN(CCCCCC(=O)OC)C1CCC1)COC(=O)CCCCCCC. The predicted molar refractivity (Wildman–Crippen MR) is 189 cm³/mol. The monoisotopic (exact) mass is 669 g/mol. The van der Waals surface area contributed by atoms with Gasteiger partial charge in [-0.05, 0) is 64.5 Å². The Bertz CT molecular complexity index is 747. The minimum absolute atomic E-state index is 0.00247. The maximum Gasteiger partial charge on any atom is 0.305 e. The molecule has 0 aromatic heterocycles. The average Bonchev–Trinajstić information content (AvgIpc) is 3.04. The number of carbonyl (C=O) groups excluding carboxylic acids is 3. The molecule has 276 valence electrons. The molecule has 9 nitrogen and oxygen atoms in total. The van der Waals surface area contributed by atoms with Gasteiger partial charge in [0, 0.05) is 50.9 Å².